The summed E-state index contributed by atoms with van der Waals surface area (Å²) in [5.41, 5.74) is 0.295. The first-order valence-electron chi connectivity index (χ1n) is 8.09. The van der Waals surface area contributed by atoms with Gasteiger partial charge in [0.15, 0.2) is 0 Å². The largest absolute Gasteiger partial charge is 0.391 e. The van der Waals surface area contributed by atoms with Crippen LogP contribution >= 0.6 is 24.8 Å². The molecule has 0 aromatic carbocycles. The second kappa shape index (κ2) is 8.69. The highest BCUT2D eigenvalue weighted by atomic mass is 35.5. The van der Waals surface area contributed by atoms with E-state index < -0.39 is 0 Å². The lowest BCUT2D eigenvalue weighted by atomic mass is 9.90. The maximum Gasteiger partial charge on any atom is 0.223 e. The standard InChI is InChI=1S/C15H27N3O2.2ClH/c19-13-12-17(10-5-15(13)3-4-15)8-1-9-18-11-7-16-6-2-14(18)20;;/h13,16,19H,1-12H2;2*1H. The van der Waals surface area contributed by atoms with Crippen LogP contribution in [-0.4, -0.2) is 72.7 Å². The third kappa shape index (κ3) is 4.71. The van der Waals surface area contributed by atoms with Crippen molar-refractivity contribution in [2.75, 3.05) is 45.8 Å². The van der Waals surface area contributed by atoms with Gasteiger partial charge in [0.2, 0.25) is 5.91 Å². The zero-order valence-corrected chi connectivity index (χ0v) is 14.8. The number of hydrogen-bond acceptors (Lipinski definition) is 4. The van der Waals surface area contributed by atoms with Crippen molar-refractivity contribution >= 4 is 30.7 Å². The predicted octanol–water partition coefficient (Wildman–Crippen LogP) is 0.889. The number of nitrogens with one attached hydrogen (secondary N) is 1. The van der Waals surface area contributed by atoms with Crippen LogP contribution in [0.5, 0.6) is 0 Å². The smallest absolute Gasteiger partial charge is 0.223 e. The van der Waals surface area contributed by atoms with E-state index in [4.69, 9.17) is 0 Å². The fraction of sp³-hybridized carbons (Fsp3) is 0.933. The number of aliphatic hydroxyl groups excluding tert-OH is 1. The summed E-state index contributed by atoms with van der Waals surface area (Å²) in [6.07, 6.45) is 5.12. The van der Waals surface area contributed by atoms with Crippen LogP contribution < -0.4 is 5.32 Å². The lowest BCUT2D eigenvalue weighted by molar-refractivity contribution is -0.130. The first-order valence-corrected chi connectivity index (χ1v) is 8.09. The highest BCUT2D eigenvalue weighted by Gasteiger charge is 2.50. The number of rotatable bonds is 4. The first-order chi connectivity index (χ1) is 9.70. The van der Waals surface area contributed by atoms with Crippen molar-refractivity contribution in [1.29, 1.82) is 0 Å². The minimum absolute atomic E-state index is 0. The molecule has 1 spiro atoms. The zero-order valence-electron chi connectivity index (χ0n) is 13.1. The SMILES string of the molecule is Cl.Cl.O=C1CCNCCN1CCCN1CCC2(CC2)C(O)C1. The summed E-state index contributed by atoms with van der Waals surface area (Å²) in [7, 11) is 0. The van der Waals surface area contributed by atoms with Gasteiger partial charge in [-0.25, -0.2) is 0 Å². The molecule has 2 aliphatic heterocycles. The topological polar surface area (TPSA) is 55.8 Å². The lowest BCUT2D eigenvalue weighted by Crippen LogP contribution is -2.45. The maximum atomic E-state index is 11.9. The van der Waals surface area contributed by atoms with Gasteiger partial charge in [-0.1, -0.05) is 0 Å². The molecule has 0 radical (unpaired) electrons. The van der Waals surface area contributed by atoms with Gasteiger partial charge in [0.1, 0.15) is 0 Å². The molecule has 1 aliphatic carbocycles. The number of aliphatic hydroxyl groups is 1. The summed E-state index contributed by atoms with van der Waals surface area (Å²) in [5, 5.41) is 13.4. The summed E-state index contributed by atoms with van der Waals surface area (Å²) in [6.45, 7) is 6.38. The molecule has 1 amide bonds. The number of hydrogen-bond donors (Lipinski definition) is 2. The number of halogens is 2. The highest BCUT2D eigenvalue weighted by Crippen LogP contribution is 2.53. The van der Waals surface area contributed by atoms with Crippen molar-refractivity contribution in [2.45, 2.75) is 38.2 Å². The molecule has 0 aromatic heterocycles. The Balaban J connectivity index is 0.00000121. The lowest BCUT2D eigenvalue weighted by Gasteiger charge is -2.36. The number of carbonyl (C=O) groups excluding carboxylic acids is 1. The number of β-amino-alcohol motifs (C(OH)–C–C–N with tert-alkyl or cyclic N) is 1. The van der Waals surface area contributed by atoms with Crippen LogP contribution in [0.2, 0.25) is 0 Å². The monoisotopic (exact) mass is 353 g/mol. The van der Waals surface area contributed by atoms with Crippen molar-refractivity contribution in [1.82, 2.24) is 15.1 Å². The van der Waals surface area contributed by atoms with Gasteiger partial charge in [-0.2, -0.15) is 0 Å². The normalized spacial score (nSPS) is 27.8. The number of likely N-dealkylation sites (tertiary alicyclic amines) is 1. The molecular weight excluding hydrogens is 325 g/mol. The van der Waals surface area contributed by atoms with E-state index in [1.54, 1.807) is 0 Å². The van der Waals surface area contributed by atoms with Gasteiger partial charge >= 0.3 is 0 Å². The molecule has 1 unspecified atom stereocenters. The van der Waals surface area contributed by atoms with Gasteiger partial charge in [0.05, 0.1) is 6.10 Å². The molecule has 3 rings (SSSR count). The van der Waals surface area contributed by atoms with Crippen LogP contribution in [0.15, 0.2) is 0 Å². The Morgan fingerprint density at radius 2 is 1.91 bits per heavy atom. The summed E-state index contributed by atoms with van der Waals surface area (Å²) < 4.78 is 0. The van der Waals surface area contributed by atoms with E-state index in [1.807, 2.05) is 4.90 Å². The molecule has 3 aliphatic rings. The van der Waals surface area contributed by atoms with Crippen LogP contribution in [0.25, 0.3) is 0 Å². The van der Waals surface area contributed by atoms with E-state index >= 15 is 0 Å². The second-order valence-corrected chi connectivity index (χ2v) is 6.66. The van der Waals surface area contributed by atoms with E-state index in [0.29, 0.717) is 11.8 Å². The predicted molar refractivity (Wildman–Crippen MR) is 91.9 cm³/mol. The van der Waals surface area contributed by atoms with Crippen molar-refractivity contribution in [3.63, 3.8) is 0 Å². The molecule has 22 heavy (non-hydrogen) atoms. The number of amides is 1. The van der Waals surface area contributed by atoms with Gasteiger partial charge in [0, 0.05) is 39.1 Å². The molecule has 1 saturated carbocycles. The fourth-order valence-electron chi connectivity index (χ4n) is 3.56. The third-order valence-corrected chi connectivity index (χ3v) is 5.29. The van der Waals surface area contributed by atoms with Crippen molar-refractivity contribution in [3.8, 4) is 0 Å². The van der Waals surface area contributed by atoms with Crippen molar-refractivity contribution in [3.05, 3.63) is 0 Å². The summed E-state index contributed by atoms with van der Waals surface area (Å²) >= 11 is 0. The summed E-state index contributed by atoms with van der Waals surface area (Å²) in [4.78, 5) is 16.2. The number of piperidine rings is 1. The number of carbonyl (C=O) groups is 1. The molecule has 0 bridgehead atoms. The molecule has 2 N–H and O–H groups in total. The second-order valence-electron chi connectivity index (χ2n) is 6.66. The minimum atomic E-state index is -0.125. The average molecular weight is 354 g/mol. The zero-order chi connectivity index (χ0) is 14.0. The molecule has 130 valence electrons. The number of nitrogens with zero attached hydrogens (tertiary/aromatic N) is 2. The van der Waals surface area contributed by atoms with Gasteiger partial charge < -0.3 is 20.2 Å². The van der Waals surface area contributed by atoms with E-state index in [-0.39, 0.29) is 36.8 Å². The molecule has 0 aromatic rings. The molecule has 3 fully saturated rings. The van der Waals surface area contributed by atoms with Crippen LogP contribution in [0.4, 0.5) is 0 Å². The Kier molecular flexibility index (Phi) is 7.89. The van der Waals surface area contributed by atoms with Gasteiger partial charge in [0.25, 0.3) is 0 Å². The highest BCUT2D eigenvalue weighted by molar-refractivity contribution is 5.85. The van der Waals surface area contributed by atoms with Crippen LogP contribution in [0.3, 0.4) is 0 Å². The third-order valence-electron chi connectivity index (χ3n) is 5.29. The quantitative estimate of drug-likeness (QED) is 0.787. The van der Waals surface area contributed by atoms with Crippen LogP contribution in [-0.2, 0) is 4.79 Å². The van der Waals surface area contributed by atoms with E-state index in [1.165, 1.54) is 12.8 Å². The first kappa shape index (κ1) is 20.0. The summed E-state index contributed by atoms with van der Waals surface area (Å²) in [5.74, 6) is 0.283. The van der Waals surface area contributed by atoms with Gasteiger partial charge in [-0.3, -0.25) is 4.79 Å². The van der Waals surface area contributed by atoms with E-state index in [0.717, 1.165) is 58.7 Å². The van der Waals surface area contributed by atoms with Gasteiger partial charge in [-0.05, 0) is 44.2 Å². The average Bonchev–Trinajstić information content (AvgIpc) is 3.22. The van der Waals surface area contributed by atoms with Gasteiger partial charge in [-0.15, -0.1) is 24.8 Å². The molecule has 2 heterocycles. The Morgan fingerprint density at radius 3 is 2.59 bits per heavy atom. The summed E-state index contributed by atoms with van der Waals surface area (Å²) in [6, 6.07) is 0. The molecular formula is C15H29Cl2N3O2. The van der Waals surface area contributed by atoms with Crippen LogP contribution in [0.1, 0.15) is 32.1 Å². The fourth-order valence-corrected chi connectivity index (χ4v) is 3.56. The van der Waals surface area contributed by atoms with E-state index in [2.05, 4.69) is 10.2 Å². The molecule has 5 nitrogen and oxygen atoms in total. The van der Waals surface area contributed by atoms with Crippen molar-refractivity contribution in [2.24, 2.45) is 5.41 Å². The Bertz CT molecular complexity index is 367. The maximum absolute atomic E-state index is 11.9. The Morgan fingerprint density at radius 1 is 1.14 bits per heavy atom. The Hall–Kier alpha value is -0.0700. The van der Waals surface area contributed by atoms with Crippen molar-refractivity contribution < 1.29 is 9.90 Å². The molecule has 7 heteroatoms. The van der Waals surface area contributed by atoms with E-state index in [9.17, 15) is 9.90 Å². The molecule has 2 saturated heterocycles. The molecule has 1 atom stereocenters. The minimum Gasteiger partial charge on any atom is -0.391 e. The van der Waals surface area contributed by atoms with Crippen LogP contribution in [0, 0.1) is 5.41 Å². The Labute approximate surface area is 145 Å².